The van der Waals surface area contributed by atoms with Gasteiger partial charge in [-0.2, -0.15) is 0 Å². The Morgan fingerprint density at radius 3 is 2.43 bits per heavy atom. The third-order valence-corrected chi connectivity index (χ3v) is 8.77. The molecule has 0 spiro atoms. The molecule has 8 heteroatoms. The smallest absolute Gasteiger partial charge is 0.258 e. The fraction of sp³-hybridized carbons (Fsp3) is 0.444. The Labute approximate surface area is 261 Å². The van der Waals surface area contributed by atoms with Crippen molar-refractivity contribution in [2.24, 2.45) is 11.8 Å². The van der Waals surface area contributed by atoms with Gasteiger partial charge in [0, 0.05) is 31.5 Å². The molecule has 0 bridgehead atoms. The van der Waals surface area contributed by atoms with Gasteiger partial charge in [0.1, 0.15) is 17.6 Å². The van der Waals surface area contributed by atoms with Crippen molar-refractivity contribution in [1.29, 1.82) is 0 Å². The minimum atomic E-state index is -0.355. The Bertz CT molecular complexity index is 1390. The summed E-state index contributed by atoms with van der Waals surface area (Å²) in [5, 5.41) is 13.1. The van der Waals surface area contributed by atoms with Gasteiger partial charge in [0.05, 0.1) is 23.9 Å². The van der Waals surface area contributed by atoms with Gasteiger partial charge in [-0.25, -0.2) is 0 Å². The first-order valence-electron chi connectivity index (χ1n) is 15.8. The fourth-order valence-electron chi connectivity index (χ4n) is 6.13. The maximum absolute atomic E-state index is 13.8. The Morgan fingerprint density at radius 1 is 1.02 bits per heavy atom. The molecule has 0 saturated heterocycles. The summed E-state index contributed by atoms with van der Waals surface area (Å²) >= 11 is 0. The second kappa shape index (κ2) is 14.7. The summed E-state index contributed by atoms with van der Waals surface area (Å²) in [6.45, 7) is 5.54. The minimum Gasteiger partial charge on any atom is -0.486 e. The molecule has 1 fully saturated rings. The van der Waals surface area contributed by atoms with Gasteiger partial charge in [-0.05, 0) is 68.8 Å². The number of nitrogens with one attached hydrogen (secondary N) is 1. The lowest BCUT2D eigenvalue weighted by molar-refractivity contribution is -0.120. The summed E-state index contributed by atoms with van der Waals surface area (Å²) in [6.07, 6.45) is 4.78. The van der Waals surface area contributed by atoms with Crippen LogP contribution in [-0.4, -0.2) is 65.6 Å². The van der Waals surface area contributed by atoms with Crippen LogP contribution in [0.15, 0.2) is 72.8 Å². The van der Waals surface area contributed by atoms with Crippen LogP contribution in [0.25, 0.3) is 0 Å². The lowest BCUT2D eigenvalue weighted by atomic mass is 9.88. The van der Waals surface area contributed by atoms with Gasteiger partial charge in [0.15, 0.2) is 5.75 Å². The number of hydrogen-bond donors (Lipinski definition) is 2. The van der Waals surface area contributed by atoms with Crippen molar-refractivity contribution in [1.82, 2.24) is 9.80 Å². The maximum Gasteiger partial charge on any atom is 0.258 e. The molecule has 8 nitrogen and oxygen atoms in total. The highest BCUT2D eigenvalue weighted by Crippen LogP contribution is 2.36. The molecule has 2 aliphatic rings. The van der Waals surface area contributed by atoms with E-state index in [1.54, 1.807) is 17.0 Å². The Hall–Kier alpha value is -3.88. The van der Waals surface area contributed by atoms with Crippen LogP contribution in [0.1, 0.15) is 61.9 Å². The molecule has 3 atom stereocenters. The predicted molar refractivity (Wildman–Crippen MR) is 172 cm³/mol. The molecule has 1 saturated carbocycles. The van der Waals surface area contributed by atoms with Crippen molar-refractivity contribution < 1.29 is 24.2 Å². The van der Waals surface area contributed by atoms with Crippen molar-refractivity contribution >= 4 is 17.5 Å². The lowest BCUT2D eigenvalue weighted by Crippen LogP contribution is -2.49. The molecule has 1 heterocycles. The molecule has 3 aromatic rings. The number of anilines is 1. The fourth-order valence-corrected chi connectivity index (χ4v) is 6.13. The number of nitrogens with zero attached hydrogens (tertiary/aromatic N) is 2. The van der Waals surface area contributed by atoms with E-state index in [4.69, 9.17) is 9.47 Å². The van der Waals surface area contributed by atoms with Crippen molar-refractivity contribution in [2.75, 3.05) is 32.1 Å². The summed E-state index contributed by atoms with van der Waals surface area (Å²) < 4.78 is 12.7. The van der Waals surface area contributed by atoms with Crippen molar-refractivity contribution in [3.63, 3.8) is 0 Å². The Morgan fingerprint density at radius 2 is 1.73 bits per heavy atom. The van der Waals surface area contributed by atoms with E-state index in [0.29, 0.717) is 36.6 Å². The first kappa shape index (κ1) is 31.5. The number of benzene rings is 3. The number of fused-ring (bicyclic) bond motifs is 1. The second-order valence-electron chi connectivity index (χ2n) is 12.4. The lowest BCUT2D eigenvalue weighted by Gasteiger charge is -2.38. The number of likely N-dealkylation sites (N-methyl/N-ethyl adjacent to an activating group) is 1. The molecule has 44 heavy (non-hydrogen) atoms. The van der Waals surface area contributed by atoms with Crippen LogP contribution < -0.4 is 14.8 Å². The zero-order valence-electron chi connectivity index (χ0n) is 26.1. The number of rotatable bonds is 10. The number of para-hydroxylation sites is 2. The largest absolute Gasteiger partial charge is 0.486 e. The monoisotopic (exact) mass is 599 g/mol. The van der Waals surface area contributed by atoms with Gasteiger partial charge < -0.3 is 24.8 Å². The maximum atomic E-state index is 13.8. The molecule has 5 rings (SSSR count). The van der Waals surface area contributed by atoms with Crippen LogP contribution in [0.5, 0.6) is 17.2 Å². The summed E-state index contributed by atoms with van der Waals surface area (Å²) in [5.74, 6) is 1.70. The van der Waals surface area contributed by atoms with Gasteiger partial charge in [-0.15, -0.1) is 0 Å². The van der Waals surface area contributed by atoms with Gasteiger partial charge in [-0.1, -0.05) is 62.6 Å². The van der Waals surface area contributed by atoms with Crippen molar-refractivity contribution in [2.45, 2.75) is 64.6 Å². The van der Waals surface area contributed by atoms with E-state index < -0.39 is 0 Å². The summed E-state index contributed by atoms with van der Waals surface area (Å²) in [5.41, 5.74) is 2.07. The number of aliphatic hydroxyl groups excluding tert-OH is 1. The summed E-state index contributed by atoms with van der Waals surface area (Å²) in [6, 6.07) is 22.8. The molecular weight excluding hydrogens is 554 g/mol. The van der Waals surface area contributed by atoms with E-state index in [-0.39, 0.29) is 42.4 Å². The van der Waals surface area contributed by atoms with Gasteiger partial charge in [-0.3, -0.25) is 14.5 Å². The van der Waals surface area contributed by atoms with Crippen LogP contribution in [0.2, 0.25) is 0 Å². The molecule has 3 aromatic carbocycles. The first-order valence-corrected chi connectivity index (χ1v) is 15.8. The average Bonchev–Trinajstić information content (AvgIpc) is 3.04. The van der Waals surface area contributed by atoms with E-state index in [0.717, 1.165) is 42.7 Å². The first-order chi connectivity index (χ1) is 21.3. The Kier molecular flexibility index (Phi) is 10.6. The van der Waals surface area contributed by atoms with E-state index in [9.17, 15) is 14.7 Å². The van der Waals surface area contributed by atoms with Crippen LogP contribution in [-0.2, 0) is 11.3 Å². The zero-order valence-corrected chi connectivity index (χ0v) is 26.1. The van der Waals surface area contributed by atoms with Crippen LogP contribution in [0, 0.1) is 11.8 Å². The Balaban J connectivity index is 1.34. The molecule has 0 unspecified atom stereocenters. The summed E-state index contributed by atoms with van der Waals surface area (Å²) in [7, 11) is 2.06. The zero-order chi connectivity index (χ0) is 31.1. The van der Waals surface area contributed by atoms with Gasteiger partial charge in [0.25, 0.3) is 5.91 Å². The average molecular weight is 600 g/mol. The van der Waals surface area contributed by atoms with Crippen LogP contribution >= 0.6 is 0 Å². The van der Waals surface area contributed by atoms with E-state index in [1.165, 1.54) is 6.42 Å². The van der Waals surface area contributed by atoms with Gasteiger partial charge >= 0.3 is 0 Å². The number of aliphatic hydroxyl groups is 1. The number of hydrogen-bond acceptors (Lipinski definition) is 6. The van der Waals surface area contributed by atoms with Crippen LogP contribution in [0.4, 0.5) is 5.69 Å². The summed E-state index contributed by atoms with van der Waals surface area (Å²) in [4.78, 5) is 31.0. The van der Waals surface area contributed by atoms with Crippen molar-refractivity contribution in [3.8, 4) is 17.2 Å². The highest BCUT2D eigenvalue weighted by Gasteiger charge is 2.35. The highest BCUT2D eigenvalue weighted by molar-refractivity contribution is 6.02. The molecule has 1 aliphatic heterocycles. The molecule has 0 radical (unpaired) electrons. The van der Waals surface area contributed by atoms with E-state index in [1.807, 2.05) is 55.5 Å². The van der Waals surface area contributed by atoms with E-state index in [2.05, 4.69) is 36.3 Å². The normalized spacial score (nSPS) is 19.8. The molecule has 0 aromatic heterocycles. The standard InChI is InChI=1S/C36H45N3O5/c1-25-21-39(26(2)24-40)36(42)31-15-10-16-32(37-35(41)28-11-6-4-7-12-28)34(31)44-33(25)23-38(3)22-27-17-19-30(20-18-27)43-29-13-8-5-9-14-29/h5,8-10,13-20,25-26,28,33,40H,4,6-7,11-12,21-24H2,1-3H3,(H,37,41)/t25-,26-,33-/m0/s1. The van der Waals surface area contributed by atoms with Crippen molar-refractivity contribution in [3.05, 3.63) is 83.9 Å². The van der Waals surface area contributed by atoms with Gasteiger partial charge in [0.2, 0.25) is 5.91 Å². The predicted octanol–water partition coefficient (Wildman–Crippen LogP) is 6.35. The third-order valence-electron chi connectivity index (χ3n) is 8.77. The number of amides is 2. The number of carbonyl (C=O) groups excluding carboxylic acids is 2. The molecule has 2 amide bonds. The van der Waals surface area contributed by atoms with E-state index >= 15 is 0 Å². The number of carbonyl (C=O) groups is 2. The topological polar surface area (TPSA) is 91.3 Å². The third kappa shape index (κ3) is 7.79. The highest BCUT2D eigenvalue weighted by atomic mass is 16.5. The molecule has 1 aliphatic carbocycles. The molecule has 2 N–H and O–H groups in total. The SMILES string of the molecule is C[C@H]1CN([C@@H](C)CO)C(=O)c2cccc(NC(=O)C3CCCCC3)c2O[C@H]1CN(C)Cc1ccc(Oc2ccccc2)cc1. The molecular formula is C36H45N3O5. The quantitative estimate of drug-likeness (QED) is 0.282. The minimum absolute atomic E-state index is 0.0156. The van der Waals surface area contributed by atoms with Crippen LogP contribution in [0.3, 0.4) is 0 Å². The second-order valence-corrected chi connectivity index (χ2v) is 12.4. The number of ether oxygens (including phenoxy) is 2. The molecule has 234 valence electrons.